The fourth-order valence-electron chi connectivity index (χ4n) is 3.84. The molecule has 1 saturated heterocycles. The number of hydrogen-bond acceptors (Lipinski definition) is 6. The van der Waals surface area contributed by atoms with E-state index in [9.17, 15) is 18.0 Å². The molecule has 2 fully saturated rings. The van der Waals surface area contributed by atoms with E-state index in [0.717, 1.165) is 0 Å². The van der Waals surface area contributed by atoms with Crippen molar-refractivity contribution in [3.8, 4) is 11.6 Å². The highest BCUT2D eigenvalue weighted by Crippen LogP contribution is 2.40. The van der Waals surface area contributed by atoms with E-state index in [4.69, 9.17) is 18.9 Å². The number of hydrogen-bond donors (Lipinski definition) is 0. The highest BCUT2D eigenvalue weighted by molar-refractivity contribution is 5.68. The van der Waals surface area contributed by atoms with Crippen molar-refractivity contribution in [2.24, 2.45) is 0 Å². The van der Waals surface area contributed by atoms with E-state index < -0.39 is 25.0 Å². The van der Waals surface area contributed by atoms with Crippen LogP contribution in [0.4, 0.5) is 18.0 Å². The molecule has 1 atom stereocenters. The van der Waals surface area contributed by atoms with E-state index in [-0.39, 0.29) is 25.8 Å². The first-order valence-corrected chi connectivity index (χ1v) is 11.7. The molecular formula is C25H29F3N2O5. The molecule has 2 aromatic rings. The van der Waals surface area contributed by atoms with Crippen LogP contribution in [-0.4, -0.2) is 61.2 Å². The molecular weight excluding hydrogens is 465 g/mol. The molecule has 0 spiro atoms. The lowest BCUT2D eigenvalue weighted by Gasteiger charge is -2.32. The second-order valence-corrected chi connectivity index (χ2v) is 8.79. The van der Waals surface area contributed by atoms with E-state index >= 15 is 0 Å². The minimum Gasteiger partial charge on any atom is -0.497 e. The van der Waals surface area contributed by atoms with Gasteiger partial charge in [-0.25, -0.2) is 9.78 Å². The molecule has 0 unspecified atom stereocenters. The number of alkyl halides is 3. The predicted molar refractivity (Wildman–Crippen MR) is 120 cm³/mol. The number of ether oxygens (including phenoxy) is 4. The normalized spacial score (nSPS) is 17.7. The van der Waals surface area contributed by atoms with Crippen molar-refractivity contribution in [1.82, 2.24) is 9.88 Å². The Morgan fingerprint density at radius 2 is 1.80 bits per heavy atom. The Morgan fingerprint density at radius 1 is 1.09 bits per heavy atom. The van der Waals surface area contributed by atoms with Crippen LogP contribution in [0.1, 0.15) is 42.7 Å². The lowest BCUT2D eigenvalue weighted by atomic mass is 10.1. The zero-order valence-corrected chi connectivity index (χ0v) is 19.5. The average molecular weight is 495 g/mol. The van der Waals surface area contributed by atoms with Crippen LogP contribution in [0.25, 0.3) is 0 Å². The lowest BCUT2D eigenvalue weighted by molar-refractivity contribution is -0.220. The van der Waals surface area contributed by atoms with Gasteiger partial charge in [0.25, 0.3) is 0 Å². The maximum Gasteiger partial charge on any atom is 0.427 e. The Labute approximate surface area is 202 Å². The number of likely N-dealkylation sites (tertiary alicyclic amines) is 1. The van der Waals surface area contributed by atoms with Crippen LogP contribution >= 0.6 is 0 Å². The first-order valence-electron chi connectivity index (χ1n) is 11.7. The highest BCUT2D eigenvalue weighted by Gasteiger charge is 2.44. The highest BCUT2D eigenvalue weighted by atomic mass is 19.4. The number of nitrogens with zero attached hydrogens (tertiary/aromatic N) is 2. The molecule has 0 bridgehead atoms. The molecule has 7 nitrogen and oxygen atoms in total. The molecule has 1 amide bonds. The second-order valence-electron chi connectivity index (χ2n) is 8.79. The molecule has 1 aromatic heterocycles. The summed E-state index contributed by atoms with van der Waals surface area (Å²) < 4.78 is 61.2. The van der Waals surface area contributed by atoms with Crippen LogP contribution in [0.2, 0.25) is 0 Å². The molecule has 1 saturated carbocycles. The molecule has 2 aliphatic rings. The van der Waals surface area contributed by atoms with Gasteiger partial charge in [-0.15, -0.1) is 0 Å². The molecule has 4 rings (SSSR count). The topological polar surface area (TPSA) is 70.1 Å². The maximum atomic E-state index is 13.4. The second kappa shape index (κ2) is 11.2. The molecule has 2 heterocycles. The van der Waals surface area contributed by atoms with Gasteiger partial charge in [0.15, 0.2) is 0 Å². The first-order chi connectivity index (χ1) is 16.8. The third-order valence-electron chi connectivity index (χ3n) is 6.10. The Balaban J connectivity index is 1.21. The SMILES string of the molecule is COc1ccc(COC[C@@H](OC(=O)N2CCC(Oc3ccc(C4CC4)cn3)CC2)C(F)(F)F)cc1. The van der Waals surface area contributed by atoms with Crippen molar-refractivity contribution in [2.75, 3.05) is 26.8 Å². The largest absolute Gasteiger partial charge is 0.497 e. The van der Waals surface area contributed by atoms with Crippen molar-refractivity contribution in [3.05, 3.63) is 53.7 Å². The van der Waals surface area contributed by atoms with E-state index in [2.05, 4.69) is 4.98 Å². The van der Waals surface area contributed by atoms with Crippen LogP contribution in [0.15, 0.2) is 42.6 Å². The standard InChI is InChI=1S/C25H29F3N2O5/c1-32-20-7-2-17(3-8-20)15-33-16-22(25(26,27)28)35-24(31)30-12-10-21(11-13-30)34-23-9-6-19(14-29-23)18-4-5-18/h2-3,6-9,14,18,21-22H,4-5,10-13,15-16H2,1H3/t22-/m1/s1. The fraction of sp³-hybridized carbons (Fsp3) is 0.520. The Bertz CT molecular complexity index is 957. The molecule has 1 aliphatic carbocycles. The van der Waals surface area contributed by atoms with Crippen molar-refractivity contribution in [3.63, 3.8) is 0 Å². The number of halogens is 3. The molecule has 1 aromatic carbocycles. The molecule has 0 N–H and O–H groups in total. The summed E-state index contributed by atoms with van der Waals surface area (Å²) in [5.74, 6) is 1.76. The molecule has 35 heavy (non-hydrogen) atoms. The predicted octanol–water partition coefficient (Wildman–Crippen LogP) is 5.10. The Morgan fingerprint density at radius 3 is 2.37 bits per heavy atom. The number of carbonyl (C=O) groups is 1. The van der Waals surface area contributed by atoms with Crippen LogP contribution < -0.4 is 9.47 Å². The number of methoxy groups -OCH3 is 1. The van der Waals surface area contributed by atoms with Gasteiger partial charge < -0.3 is 23.8 Å². The van der Waals surface area contributed by atoms with E-state index in [1.165, 1.54) is 30.4 Å². The monoisotopic (exact) mass is 494 g/mol. The summed E-state index contributed by atoms with van der Waals surface area (Å²) in [6.45, 7) is -0.363. The van der Waals surface area contributed by atoms with Crippen molar-refractivity contribution < 1.29 is 36.9 Å². The van der Waals surface area contributed by atoms with E-state index in [1.54, 1.807) is 24.3 Å². The van der Waals surface area contributed by atoms with Gasteiger partial charge in [0.1, 0.15) is 11.9 Å². The van der Waals surface area contributed by atoms with Crippen LogP contribution in [-0.2, 0) is 16.1 Å². The number of aromatic nitrogens is 1. The summed E-state index contributed by atoms with van der Waals surface area (Å²) in [4.78, 5) is 18.0. The van der Waals surface area contributed by atoms with Crippen molar-refractivity contribution in [2.45, 2.75) is 56.6 Å². The summed E-state index contributed by atoms with van der Waals surface area (Å²) in [7, 11) is 1.52. The van der Waals surface area contributed by atoms with Gasteiger partial charge in [0.05, 0.1) is 20.3 Å². The van der Waals surface area contributed by atoms with Crippen LogP contribution in [0.3, 0.4) is 0 Å². The van der Waals surface area contributed by atoms with Gasteiger partial charge in [-0.05, 0) is 42.0 Å². The number of amides is 1. The third kappa shape index (κ3) is 7.24. The third-order valence-corrected chi connectivity index (χ3v) is 6.10. The van der Waals surface area contributed by atoms with Crippen molar-refractivity contribution in [1.29, 1.82) is 0 Å². The molecule has 10 heteroatoms. The summed E-state index contributed by atoms with van der Waals surface area (Å²) in [5.41, 5.74) is 1.89. The zero-order valence-electron chi connectivity index (χ0n) is 19.5. The smallest absolute Gasteiger partial charge is 0.427 e. The fourth-order valence-corrected chi connectivity index (χ4v) is 3.84. The number of piperidine rings is 1. The minimum atomic E-state index is -4.74. The average Bonchev–Trinajstić information content (AvgIpc) is 3.70. The van der Waals surface area contributed by atoms with Gasteiger partial charge in [0, 0.05) is 38.2 Å². The number of carbonyl (C=O) groups excluding carboxylic acids is 1. The Kier molecular flexibility index (Phi) is 8.00. The molecule has 190 valence electrons. The van der Waals surface area contributed by atoms with Gasteiger partial charge >= 0.3 is 12.3 Å². The van der Waals surface area contributed by atoms with E-state index in [0.29, 0.717) is 36.0 Å². The number of benzene rings is 1. The zero-order chi connectivity index (χ0) is 24.8. The van der Waals surface area contributed by atoms with Crippen LogP contribution in [0.5, 0.6) is 11.6 Å². The summed E-state index contributed by atoms with van der Waals surface area (Å²) in [6.07, 6.45) is -3.09. The summed E-state index contributed by atoms with van der Waals surface area (Å²) in [6, 6.07) is 10.6. The van der Waals surface area contributed by atoms with Gasteiger partial charge in [-0.1, -0.05) is 18.2 Å². The number of pyridine rings is 1. The Hall–Kier alpha value is -3.01. The quantitative estimate of drug-likeness (QED) is 0.484. The number of rotatable bonds is 9. The molecule has 0 radical (unpaired) electrons. The van der Waals surface area contributed by atoms with E-state index in [1.807, 2.05) is 18.3 Å². The minimum absolute atomic E-state index is 0.0491. The van der Waals surface area contributed by atoms with Crippen LogP contribution in [0, 0.1) is 0 Å². The first kappa shape index (κ1) is 25.1. The van der Waals surface area contributed by atoms with Crippen molar-refractivity contribution >= 4 is 6.09 Å². The van der Waals surface area contributed by atoms with Gasteiger partial charge in [0.2, 0.25) is 12.0 Å². The summed E-state index contributed by atoms with van der Waals surface area (Å²) in [5, 5.41) is 0. The maximum absolute atomic E-state index is 13.4. The molecule has 1 aliphatic heterocycles. The van der Waals surface area contributed by atoms with Gasteiger partial charge in [-0.3, -0.25) is 0 Å². The van der Waals surface area contributed by atoms with Gasteiger partial charge in [-0.2, -0.15) is 13.2 Å². The summed E-state index contributed by atoms with van der Waals surface area (Å²) >= 11 is 0. The lowest BCUT2D eigenvalue weighted by Crippen LogP contribution is -2.46.